The molecule has 0 spiro atoms. The van der Waals surface area contributed by atoms with Crippen LogP contribution in [-0.2, 0) is 15.6 Å². The van der Waals surface area contributed by atoms with Crippen molar-refractivity contribution in [2.45, 2.75) is 89.3 Å². The molecule has 6 atom stereocenters. The van der Waals surface area contributed by atoms with Crippen LogP contribution in [0.3, 0.4) is 0 Å². The lowest BCUT2D eigenvalue weighted by molar-refractivity contribution is -0.204. The van der Waals surface area contributed by atoms with Crippen LogP contribution in [0.15, 0.2) is 48.5 Å². The van der Waals surface area contributed by atoms with Crippen LogP contribution in [0.4, 0.5) is 0 Å². The molecule has 2 aromatic rings. The Morgan fingerprint density at radius 2 is 1.08 bits per heavy atom. The van der Waals surface area contributed by atoms with Crippen molar-refractivity contribution < 1.29 is 4.74 Å². The zero-order valence-electron chi connectivity index (χ0n) is 23.6. The number of hydrogen-bond acceptors (Lipinski definition) is 3. The van der Waals surface area contributed by atoms with Crippen LogP contribution >= 0.6 is 23.2 Å². The summed E-state index contributed by atoms with van der Waals surface area (Å²) < 4.78 is 7.62. The summed E-state index contributed by atoms with van der Waals surface area (Å²) in [6, 6.07) is 16.9. The zero-order valence-corrected chi connectivity index (χ0v) is 25.1. The second-order valence-electron chi connectivity index (χ2n) is 12.4. The minimum atomic E-state index is -0.278. The maximum absolute atomic E-state index is 7.62. The van der Waals surface area contributed by atoms with E-state index in [0.717, 1.165) is 61.9 Å². The van der Waals surface area contributed by atoms with Crippen molar-refractivity contribution in [2.75, 3.05) is 26.2 Å². The van der Waals surface area contributed by atoms with Gasteiger partial charge in [-0.05, 0) is 62.1 Å². The van der Waals surface area contributed by atoms with Gasteiger partial charge in [-0.25, -0.2) is 0 Å². The van der Waals surface area contributed by atoms with E-state index in [9.17, 15) is 0 Å². The Kier molecular flexibility index (Phi) is 8.73. The van der Waals surface area contributed by atoms with Crippen LogP contribution in [-0.4, -0.2) is 37.4 Å². The molecule has 2 aliphatic rings. The monoisotopic (exact) mass is 544 g/mol. The van der Waals surface area contributed by atoms with Gasteiger partial charge in [-0.2, -0.15) is 0 Å². The Labute approximate surface area is 235 Å². The van der Waals surface area contributed by atoms with Crippen LogP contribution in [0, 0.1) is 11.8 Å². The number of rotatable bonds is 10. The number of halogens is 2. The average molecular weight is 546 g/mol. The van der Waals surface area contributed by atoms with Crippen LogP contribution in [0.1, 0.15) is 78.4 Å². The fourth-order valence-electron chi connectivity index (χ4n) is 7.81. The van der Waals surface area contributed by atoms with Gasteiger partial charge in [0.15, 0.2) is 0 Å². The van der Waals surface area contributed by atoms with E-state index in [1.807, 2.05) is 24.3 Å². The number of benzene rings is 2. The second kappa shape index (κ2) is 11.2. The molecular weight excluding hydrogens is 499 g/mol. The predicted octanol–water partition coefficient (Wildman–Crippen LogP) is 7.78. The SMILES string of the molecule is CCCC(C)(OC(C)(CCC)[C@@H]1CNC[C@@]1(C)c1ccc(Cl)cc1)[C@@H]1CNC[C@@]1(C)c1ccc(Cl)cc1. The minimum absolute atomic E-state index is 0.0327. The van der Waals surface area contributed by atoms with E-state index in [4.69, 9.17) is 27.9 Å². The van der Waals surface area contributed by atoms with E-state index in [1.165, 1.54) is 11.1 Å². The molecule has 2 N–H and O–H groups in total. The molecule has 2 heterocycles. The highest BCUT2D eigenvalue weighted by molar-refractivity contribution is 6.30. The van der Waals surface area contributed by atoms with E-state index in [0.29, 0.717) is 11.8 Å². The number of nitrogens with one attached hydrogen (secondary N) is 2. The average Bonchev–Trinajstić information content (AvgIpc) is 3.45. The fourth-order valence-corrected chi connectivity index (χ4v) is 8.07. The van der Waals surface area contributed by atoms with Crippen LogP contribution in [0.2, 0.25) is 10.0 Å². The largest absolute Gasteiger partial charge is 0.368 e. The third kappa shape index (κ3) is 5.50. The van der Waals surface area contributed by atoms with E-state index in [-0.39, 0.29) is 22.0 Å². The molecule has 0 aliphatic carbocycles. The number of hydrogen-bond donors (Lipinski definition) is 2. The molecule has 2 fully saturated rings. The van der Waals surface area contributed by atoms with Crippen LogP contribution in [0.5, 0.6) is 0 Å². The van der Waals surface area contributed by atoms with Gasteiger partial charge < -0.3 is 15.4 Å². The van der Waals surface area contributed by atoms with Gasteiger partial charge >= 0.3 is 0 Å². The van der Waals surface area contributed by atoms with Gasteiger partial charge in [0, 0.05) is 58.9 Å². The first-order valence-electron chi connectivity index (χ1n) is 14.1. The first-order valence-corrected chi connectivity index (χ1v) is 14.9. The molecule has 0 aromatic heterocycles. The highest BCUT2D eigenvalue weighted by Gasteiger charge is 2.56. The van der Waals surface area contributed by atoms with Crippen LogP contribution in [0.25, 0.3) is 0 Å². The molecule has 0 amide bonds. The third-order valence-corrected chi connectivity index (χ3v) is 10.2. The van der Waals surface area contributed by atoms with E-state index >= 15 is 0 Å². The highest BCUT2D eigenvalue weighted by atomic mass is 35.5. The van der Waals surface area contributed by atoms with Crippen molar-refractivity contribution in [2.24, 2.45) is 11.8 Å². The van der Waals surface area contributed by atoms with Crippen molar-refractivity contribution in [3.8, 4) is 0 Å². The molecule has 3 nitrogen and oxygen atoms in total. The Hall–Kier alpha value is -1.10. The van der Waals surface area contributed by atoms with E-state index in [1.54, 1.807) is 0 Å². The third-order valence-electron chi connectivity index (χ3n) is 9.66. The summed E-state index contributed by atoms with van der Waals surface area (Å²) in [7, 11) is 0. The molecule has 2 aliphatic heterocycles. The summed E-state index contributed by atoms with van der Waals surface area (Å²) in [5, 5.41) is 9.04. The molecule has 4 rings (SSSR count). The summed E-state index contributed by atoms with van der Waals surface area (Å²) in [4.78, 5) is 0. The highest BCUT2D eigenvalue weighted by Crippen LogP contribution is 2.51. The Bertz CT molecular complexity index is 960. The molecule has 2 saturated heterocycles. The van der Waals surface area contributed by atoms with Crippen molar-refractivity contribution in [3.63, 3.8) is 0 Å². The Morgan fingerprint density at radius 1 is 0.730 bits per heavy atom. The first-order chi connectivity index (χ1) is 17.5. The summed E-state index contributed by atoms with van der Waals surface area (Å²) in [5.41, 5.74) is 2.05. The lowest BCUT2D eigenvalue weighted by atomic mass is 9.64. The standard InChI is InChI=1S/C32H46Cl2N2O/c1-7-17-31(5,27-19-35-21-29(27,3)23-9-13-25(33)14-10-23)37-32(6,18-8-2)28-20-36-22-30(28,4)24-11-15-26(34)16-12-24/h9-16,27-28,35-36H,7-8,17-22H2,1-6H3/t27-,28-,29+,30+,31?,32?/m1/s1. The van der Waals surface area contributed by atoms with Gasteiger partial charge in [0.1, 0.15) is 0 Å². The molecule has 0 saturated carbocycles. The molecular formula is C32H46Cl2N2O. The predicted molar refractivity (Wildman–Crippen MR) is 158 cm³/mol. The quantitative estimate of drug-likeness (QED) is 0.320. The summed E-state index contributed by atoms with van der Waals surface area (Å²) in [5.74, 6) is 0.682. The van der Waals surface area contributed by atoms with Crippen molar-refractivity contribution in [1.29, 1.82) is 0 Å². The normalized spacial score (nSPS) is 31.2. The zero-order chi connectivity index (χ0) is 26.9. The molecule has 37 heavy (non-hydrogen) atoms. The smallest absolute Gasteiger partial charge is 0.0711 e. The lowest BCUT2D eigenvalue weighted by Crippen LogP contribution is -2.57. The molecule has 0 radical (unpaired) electrons. The Morgan fingerprint density at radius 3 is 1.41 bits per heavy atom. The molecule has 204 valence electrons. The van der Waals surface area contributed by atoms with Gasteiger partial charge in [0.05, 0.1) is 11.2 Å². The maximum Gasteiger partial charge on any atom is 0.0711 e. The van der Waals surface area contributed by atoms with E-state index in [2.05, 4.69) is 76.4 Å². The topological polar surface area (TPSA) is 33.3 Å². The van der Waals surface area contributed by atoms with Gasteiger partial charge in [-0.15, -0.1) is 0 Å². The second-order valence-corrected chi connectivity index (χ2v) is 13.3. The summed E-state index contributed by atoms with van der Waals surface area (Å²) in [6.45, 7) is 18.0. The Balaban J connectivity index is 1.72. The van der Waals surface area contributed by atoms with Gasteiger partial charge in [-0.3, -0.25) is 0 Å². The lowest BCUT2D eigenvalue weighted by Gasteiger charge is -2.52. The minimum Gasteiger partial charge on any atom is -0.368 e. The van der Waals surface area contributed by atoms with Gasteiger partial charge in [0.2, 0.25) is 0 Å². The van der Waals surface area contributed by atoms with Crippen molar-refractivity contribution in [3.05, 3.63) is 69.7 Å². The van der Waals surface area contributed by atoms with Gasteiger partial charge in [-0.1, -0.05) is 88.0 Å². The molecule has 2 aromatic carbocycles. The van der Waals surface area contributed by atoms with Crippen LogP contribution < -0.4 is 10.6 Å². The van der Waals surface area contributed by atoms with Gasteiger partial charge in [0.25, 0.3) is 0 Å². The maximum atomic E-state index is 7.62. The van der Waals surface area contributed by atoms with E-state index < -0.39 is 0 Å². The molecule has 5 heteroatoms. The number of ether oxygens (including phenoxy) is 1. The summed E-state index contributed by atoms with van der Waals surface area (Å²) in [6.07, 6.45) is 4.23. The first kappa shape index (κ1) is 28.9. The fraction of sp³-hybridized carbons (Fsp3) is 0.625. The molecule has 0 bridgehead atoms. The van der Waals surface area contributed by atoms with Crippen molar-refractivity contribution >= 4 is 23.2 Å². The van der Waals surface area contributed by atoms with Crippen molar-refractivity contribution in [1.82, 2.24) is 10.6 Å². The molecule has 2 unspecified atom stereocenters. The summed E-state index contributed by atoms with van der Waals surface area (Å²) >= 11 is 12.5.